The van der Waals surface area contributed by atoms with Crippen LogP contribution in [0.5, 0.6) is 0 Å². The highest BCUT2D eigenvalue weighted by Gasteiger charge is 2.02. The normalized spacial score (nSPS) is 10.8. The van der Waals surface area contributed by atoms with Gasteiger partial charge >= 0.3 is 0 Å². The summed E-state index contributed by atoms with van der Waals surface area (Å²) in [7, 11) is -0.682. The molecule has 0 spiro atoms. The van der Waals surface area contributed by atoms with E-state index in [0.29, 0.717) is 0 Å². The third-order valence-electron chi connectivity index (χ3n) is 1.21. The fourth-order valence-corrected chi connectivity index (χ4v) is 2.06. The minimum absolute atomic E-state index is 0.682. The molecule has 0 aromatic rings. The van der Waals surface area contributed by atoms with Gasteiger partial charge in [0.05, 0.1) is 8.80 Å². The van der Waals surface area contributed by atoms with Crippen LogP contribution in [0.15, 0.2) is 0 Å². The average molecular weight is 162 g/mol. The van der Waals surface area contributed by atoms with Crippen LogP contribution in [-0.2, 0) is 9.47 Å². The molecule has 0 N–H and O–H groups in total. The molecule has 62 valence electrons. The van der Waals surface area contributed by atoms with E-state index in [1.54, 1.807) is 0 Å². The van der Waals surface area contributed by atoms with Gasteiger partial charge in [0.1, 0.15) is 0 Å². The van der Waals surface area contributed by atoms with E-state index >= 15 is 0 Å². The molecule has 0 bridgehead atoms. The van der Waals surface area contributed by atoms with Gasteiger partial charge in [-0.2, -0.15) is 0 Å². The van der Waals surface area contributed by atoms with E-state index in [-0.39, 0.29) is 0 Å². The van der Waals surface area contributed by atoms with E-state index in [0.717, 1.165) is 25.7 Å². The maximum atomic E-state index is 5.27. The summed E-state index contributed by atoms with van der Waals surface area (Å²) in [6.07, 6.45) is 1.91. The van der Waals surface area contributed by atoms with Crippen molar-refractivity contribution >= 4 is 8.80 Å². The number of rotatable bonds is 6. The van der Waals surface area contributed by atoms with Gasteiger partial charge in [-0.1, -0.05) is 6.55 Å². The van der Waals surface area contributed by atoms with Crippen molar-refractivity contribution < 1.29 is 9.47 Å². The summed E-state index contributed by atoms with van der Waals surface area (Å²) >= 11 is 0. The van der Waals surface area contributed by atoms with Crippen LogP contribution in [0.4, 0.5) is 0 Å². The lowest BCUT2D eigenvalue weighted by Gasteiger charge is -2.08. The summed E-state index contributed by atoms with van der Waals surface area (Å²) in [6.45, 7) is 8.00. The van der Waals surface area contributed by atoms with Crippen molar-refractivity contribution in [1.29, 1.82) is 0 Å². The monoisotopic (exact) mass is 162 g/mol. The van der Waals surface area contributed by atoms with E-state index in [2.05, 4.69) is 6.55 Å². The maximum Gasteiger partial charge on any atom is 0.0945 e. The second kappa shape index (κ2) is 7.25. The van der Waals surface area contributed by atoms with Crippen molar-refractivity contribution in [2.45, 2.75) is 20.4 Å². The summed E-state index contributed by atoms with van der Waals surface area (Å²) < 4.78 is 10.5. The van der Waals surface area contributed by atoms with Crippen molar-refractivity contribution in [3.63, 3.8) is 0 Å². The molecule has 0 amide bonds. The van der Waals surface area contributed by atoms with E-state index in [9.17, 15) is 0 Å². The summed E-state index contributed by atoms with van der Waals surface area (Å²) in [5.41, 5.74) is 0. The zero-order valence-corrected chi connectivity index (χ0v) is 8.38. The zero-order valence-electron chi connectivity index (χ0n) is 7.22. The molecule has 10 heavy (non-hydrogen) atoms. The zero-order chi connectivity index (χ0) is 7.82. The first-order chi connectivity index (χ1) is 4.81. The minimum atomic E-state index is -0.682. The second-order valence-corrected chi connectivity index (χ2v) is 5.30. The van der Waals surface area contributed by atoms with Gasteiger partial charge in [0.2, 0.25) is 0 Å². The van der Waals surface area contributed by atoms with E-state index in [1.165, 1.54) is 0 Å². The molecule has 0 aromatic carbocycles. The predicted octanol–water partition coefficient (Wildman–Crippen LogP) is 0.995. The lowest BCUT2D eigenvalue weighted by molar-refractivity contribution is 0.168. The Morgan fingerprint density at radius 2 is 1.40 bits per heavy atom. The molecule has 0 aliphatic carbocycles. The van der Waals surface area contributed by atoms with Gasteiger partial charge in [0.25, 0.3) is 0 Å². The standard InChI is InChI=1S/C7H18O2Si/c1-4-8-6-10(3)7-9-5-2/h10H,4-7H2,1-3H3. The topological polar surface area (TPSA) is 18.5 Å². The Morgan fingerprint density at radius 1 is 1.00 bits per heavy atom. The Morgan fingerprint density at radius 3 is 1.70 bits per heavy atom. The number of hydrogen-bond donors (Lipinski definition) is 0. The van der Waals surface area contributed by atoms with Crippen LogP contribution in [0.2, 0.25) is 6.55 Å². The number of hydrogen-bond acceptors (Lipinski definition) is 2. The summed E-state index contributed by atoms with van der Waals surface area (Å²) in [4.78, 5) is 0. The van der Waals surface area contributed by atoms with Gasteiger partial charge in [-0.3, -0.25) is 0 Å². The largest absolute Gasteiger partial charge is 0.385 e. The quantitative estimate of drug-likeness (QED) is 0.542. The van der Waals surface area contributed by atoms with Gasteiger partial charge in [0.15, 0.2) is 0 Å². The van der Waals surface area contributed by atoms with Gasteiger partial charge in [0, 0.05) is 25.7 Å². The Labute approximate surface area is 65.1 Å². The molecule has 0 radical (unpaired) electrons. The molecule has 0 aromatic heterocycles. The molecule has 0 rings (SSSR count). The first-order valence-electron chi connectivity index (χ1n) is 3.96. The Bertz CT molecular complexity index is 60.6. The third kappa shape index (κ3) is 6.26. The highest BCUT2D eigenvalue weighted by Crippen LogP contribution is 1.85. The molecule has 0 heterocycles. The van der Waals surface area contributed by atoms with Crippen molar-refractivity contribution in [2.24, 2.45) is 0 Å². The molecule has 0 unspecified atom stereocenters. The minimum Gasteiger partial charge on any atom is -0.385 e. The first-order valence-corrected chi connectivity index (χ1v) is 6.75. The molecule has 0 saturated carbocycles. The second-order valence-electron chi connectivity index (χ2n) is 2.42. The lowest BCUT2D eigenvalue weighted by atomic mass is 10.9. The highest BCUT2D eigenvalue weighted by molar-refractivity contribution is 6.57. The molecule has 0 aliphatic rings. The molecular weight excluding hydrogens is 144 g/mol. The molecule has 2 nitrogen and oxygen atoms in total. The van der Waals surface area contributed by atoms with Crippen LogP contribution < -0.4 is 0 Å². The average Bonchev–Trinajstić information content (AvgIpc) is 1.97. The number of ether oxygens (including phenoxy) is 2. The summed E-state index contributed by atoms with van der Waals surface area (Å²) in [6, 6.07) is 0. The van der Waals surface area contributed by atoms with Crippen LogP contribution in [0.25, 0.3) is 0 Å². The fourth-order valence-electron chi connectivity index (χ4n) is 0.686. The van der Waals surface area contributed by atoms with E-state index in [1.807, 2.05) is 13.8 Å². The summed E-state index contributed by atoms with van der Waals surface area (Å²) in [5.74, 6) is 0. The van der Waals surface area contributed by atoms with Gasteiger partial charge < -0.3 is 9.47 Å². The van der Waals surface area contributed by atoms with Crippen LogP contribution >= 0.6 is 0 Å². The van der Waals surface area contributed by atoms with Crippen molar-refractivity contribution in [1.82, 2.24) is 0 Å². The van der Waals surface area contributed by atoms with Crippen molar-refractivity contribution in [2.75, 3.05) is 25.7 Å². The highest BCUT2D eigenvalue weighted by atomic mass is 28.3. The van der Waals surface area contributed by atoms with Crippen molar-refractivity contribution in [3.8, 4) is 0 Å². The van der Waals surface area contributed by atoms with Crippen LogP contribution in [0.3, 0.4) is 0 Å². The first kappa shape index (κ1) is 10.1. The van der Waals surface area contributed by atoms with Gasteiger partial charge in [-0.25, -0.2) is 0 Å². The predicted molar refractivity (Wildman–Crippen MR) is 46.0 cm³/mol. The molecule has 0 saturated heterocycles. The van der Waals surface area contributed by atoms with Gasteiger partial charge in [-0.15, -0.1) is 0 Å². The molecule has 0 atom stereocenters. The lowest BCUT2D eigenvalue weighted by Crippen LogP contribution is -2.23. The SMILES string of the molecule is CCOC[SiH](C)COCC. The molecule has 3 heteroatoms. The fraction of sp³-hybridized carbons (Fsp3) is 1.00. The van der Waals surface area contributed by atoms with Crippen LogP contribution in [0, 0.1) is 0 Å². The smallest absolute Gasteiger partial charge is 0.0945 e. The van der Waals surface area contributed by atoms with Crippen LogP contribution in [0.1, 0.15) is 13.8 Å². The van der Waals surface area contributed by atoms with E-state index in [4.69, 9.17) is 9.47 Å². The van der Waals surface area contributed by atoms with E-state index < -0.39 is 8.80 Å². The molecular formula is C7H18O2Si. The summed E-state index contributed by atoms with van der Waals surface area (Å²) in [5, 5.41) is 0. The molecule has 0 aliphatic heterocycles. The maximum absolute atomic E-state index is 5.27. The van der Waals surface area contributed by atoms with Crippen molar-refractivity contribution in [3.05, 3.63) is 0 Å². The Kier molecular flexibility index (Phi) is 7.35. The Hall–Kier alpha value is 0.137. The van der Waals surface area contributed by atoms with Crippen LogP contribution in [-0.4, -0.2) is 34.5 Å². The third-order valence-corrected chi connectivity index (χ3v) is 2.82. The Balaban J connectivity index is 3.00. The van der Waals surface area contributed by atoms with Gasteiger partial charge in [-0.05, 0) is 13.8 Å². The molecule has 0 fully saturated rings.